The lowest BCUT2D eigenvalue weighted by Crippen LogP contribution is -2.63. The lowest BCUT2D eigenvalue weighted by molar-refractivity contribution is -0.149. The maximum Gasteiger partial charge on any atom is 0.230 e. The molecular weight excluding hydrogens is 326 g/mol. The number of amides is 2. The highest BCUT2D eigenvalue weighted by Gasteiger charge is 2.44. The molecule has 26 heavy (non-hydrogen) atoms. The Hall–Kier alpha value is -2.04. The van der Waals surface area contributed by atoms with Crippen LogP contribution < -0.4 is 4.90 Å². The van der Waals surface area contributed by atoms with Crippen molar-refractivity contribution in [2.24, 2.45) is 5.92 Å². The van der Waals surface area contributed by atoms with Crippen LogP contribution in [0.25, 0.3) is 0 Å². The van der Waals surface area contributed by atoms with E-state index in [2.05, 4.69) is 37.9 Å². The van der Waals surface area contributed by atoms with Crippen LogP contribution in [0.1, 0.15) is 44.6 Å². The van der Waals surface area contributed by atoms with Crippen molar-refractivity contribution in [3.05, 3.63) is 29.8 Å². The topological polar surface area (TPSA) is 43.9 Å². The summed E-state index contributed by atoms with van der Waals surface area (Å²) < 4.78 is 0. The molecule has 1 aromatic rings. The maximum atomic E-state index is 13.5. The van der Waals surface area contributed by atoms with Crippen LogP contribution in [0.3, 0.4) is 0 Å². The Labute approximate surface area is 155 Å². The number of anilines is 1. The van der Waals surface area contributed by atoms with Gasteiger partial charge in [0.15, 0.2) is 0 Å². The number of rotatable bonds is 2. The molecule has 3 aliphatic rings. The van der Waals surface area contributed by atoms with Gasteiger partial charge in [0.2, 0.25) is 11.8 Å². The van der Waals surface area contributed by atoms with Crippen molar-refractivity contribution in [3.63, 3.8) is 0 Å². The number of hydrogen-bond donors (Lipinski definition) is 0. The molecule has 0 aromatic heterocycles. The van der Waals surface area contributed by atoms with Crippen molar-refractivity contribution in [1.29, 1.82) is 0 Å². The summed E-state index contributed by atoms with van der Waals surface area (Å²) in [6, 6.07) is 8.25. The molecule has 2 amide bonds. The second-order valence-corrected chi connectivity index (χ2v) is 8.66. The van der Waals surface area contributed by atoms with E-state index in [9.17, 15) is 9.59 Å². The molecule has 5 heteroatoms. The van der Waals surface area contributed by atoms with Gasteiger partial charge in [0, 0.05) is 44.8 Å². The van der Waals surface area contributed by atoms with Gasteiger partial charge in [-0.15, -0.1) is 0 Å². The molecule has 1 saturated carbocycles. The molecule has 2 fully saturated rings. The Bertz CT molecular complexity index is 726. The zero-order valence-electron chi connectivity index (χ0n) is 16.1. The summed E-state index contributed by atoms with van der Waals surface area (Å²) >= 11 is 0. The van der Waals surface area contributed by atoms with Crippen LogP contribution >= 0.6 is 0 Å². The van der Waals surface area contributed by atoms with Gasteiger partial charge in [-0.05, 0) is 44.7 Å². The van der Waals surface area contributed by atoms with Crippen molar-refractivity contribution >= 4 is 17.5 Å². The normalized spacial score (nSPS) is 25.0. The van der Waals surface area contributed by atoms with Crippen molar-refractivity contribution in [2.75, 3.05) is 38.1 Å². The summed E-state index contributed by atoms with van der Waals surface area (Å²) in [5.74, 6) is 0.671. The Kier molecular flexibility index (Phi) is 4.20. The molecule has 1 aromatic carbocycles. The minimum Gasteiger partial charge on any atom is -0.374 e. The third kappa shape index (κ3) is 2.97. The van der Waals surface area contributed by atoms with Crippen molar-refractivity contribution in [2.45, 2.75) is 44.6 Å². The molecule has 0 bridgehead atoms. The molecule has 1 atom stereocenters. The predicted molar refractivity (Wildman–Crippen MR) is 102 cm³/mol. The van der Waals surface area contributed by atoms with Gasteiger partial charge in [0.05, 0.1) is 11.5 Å². The van der Waals surface area contributed by atoms with Crippen molar-refractivity contribution in [1.82, 2.24) is 9.80 Å². The highest BCUT2D eigenvalue weighted by molar-refractivity contribution is 5.88. The minimum atomic E-state index is -0.321. The van der Waals surface area contributed by atoms with Gasteiger partial charge in [-0.2, -0.15) is 0 Å². The number of carbonyl (C=O) groups excluding carboxylic acids is 2. The summed E-state index contributed by atoms with van der Waals surface area (Å²) in [5.41, 5.74) is 1.98. The zero-order chi connectivity index (χ0) is 18.5. The quantitative estimate of drug-likeness (QED) is 0.819. The fourth-order valence-electron chi connectivity index (χ4n) is 4.51. The Morgan fingerprint density at radius 1 is 1.00 bits per heavy atom. The van der Waals surface area contributed by atoms with E-state index >= 15 is 0 Å². The first-order valence-electron chi connectivity index (χ1n) is 9.79. The number of para-hydroxylation sites is 1. The third-order valence-electron chi connectivity index (χ3n) is 6.18. The number of carbonyl (C=O) groups is 2. The molecule has 1 unspecified atom stereocenters. The lowest BCUT2D eigenvalue weighted by atomic mass is 9.86. The van der Waals surface area contributed by atoms with Crippen LogP contribution in [-0.4, -0.2) is 60.4 Å². The van der Waals surface area contributed by atoms with Crippen LogP contribution in [0, 0.1) is 5.92 Å². The average molecular weight is 355 g/mol. The van der Waals surface area contributed by atoms with Crippen LogP contribution in [0.15, 0.2) is 24.3 Å². The molecule has 4 rings (SSSR count). The molecule has 2 heterocycles. The molecule has 0 spiro atoms. The first-order valence-corrected chi connectivity index (χ1v) is 9.79. The van der Waals surface area contributed by atoms with E-state index < -0.39 is 0 Å². The summed E-state index contributed by atoms with van der Waals surface area (Å²) in [5, 5.41) is 0. The first-order chi connectivity index (χ1) is 12.4. The highest BCUT2D eigenvalue weighted by atomic mass is 16.2. The summed E-state index contributed by atoms with van der Waals surface area (Å²) in [7, 11) is 2.09. The summed E-state index contributed by atoms with van der Waals surface area (Å²) in [6.07, 6.45) is 2.92. The molecule has 0 radical (unpaired) electrons. The SMILES string of the molecule is CN1CCC(C(=O)N2CCN(C(=O)C3CC3)CC2(C)C)c2ccccc21. The van der Waals surface area contributed by atoms with Crippen LogP contribution in [0.4, 0.5) is 5.69 Å². The van der Waals surface area contributed by atoms with E-state index in [-0.39, 0.29) is 29.2 Å². The van der Waals surface area contributed by atoms with Crippen LogP contribution in [0.5, 0.6) is 0 Å². The van der Waals surface area contributed by atoms with Crippen LogP contribution in [-0.2, 0) is 9.59 Å². The Morgan fingerprint density at radius 2 is 1.73 bits per heavy atom. The Morgan fingerprint density at radius 3 is 2.42 bits per heavy atom. The third-order valence-corrected chi connectivity index (χ3v) is 6.18. The van der Waals surface area contributed by atoms with Gasteiger partial charge in [-0.3, -0.25) is 9.59 Å². The van der Waals surface area contributed by atoms with Gasteiger partial charge in [-0.25, -0.2) is 0 Å². The molecular formula is C21H29N3O2. The van der Waals surface area contributed by atoms with E-state index in [0.717, 1.165) is 37.1 Å². The first kappa shape index (κ1) is 17.4. The highest BCUT2D eigenvalue weighted by Crippen LogP contribution is 2.38. The second kappa shape index (κ2) is 6.29. The lowest BCUT2D eigenvalue weighted by Gasteiger charge is -2.49. The molecule has 5 nitrogen and oxygen atoms in total. The predicted octanol–water partition coefficient (Wildman–Crippen LogP) is 2.47. The monoisotopic (exact) mass is 355 g/mol. The van der Waals surface area contributed by atoms with Gasteiger partial charge in [0.25, 0.3) is 0 Å². The largest absolute Gasteiger partial charge is 0.374 e. The van der Waals surface area contributed by atoms with Gasteiger partial charge in [0.1, 0.15) is 0 Å². The standard InChI is InChI=1S/C21H29N3O2/c1-21(2)14-23(19(25)15-8-9-15)12-13-24(21)20(26)17-10-11-22(3)18-7-5-4-6-16(17)18/h4-7,15,17H,8-14H2,1-3H3. The van der Waals surface area contributed by atoms with Gasteiger partial charge in [-0.1, -0.05) is 18.2 Å². The van der Waals surface area contributed by atoms with E-state index in [4.69, 9.17) is 0 Å². The zero-order valence-corrected chi connectivity index (χ0v) is 16.1. The van der Waals surface area contributed by atoms with Crippen molar-refractivity contribution in [3.8, 4) is 0 Å². The van der Waals surface area contributed by atoms with E-state index in [1.165, 1.54) is 0 Å². The van der Waals surface area contributed by atoms with Crippen molar-refractivity contribution < 1.29 is 9.59 Å². The molecule has 2 aliphatic heterocycles. The fourth-order valence-corrected chi connectivity index (χ4v) is 4.51. The van der Waals surface area contributed by atoms with Crippen LogP contribution in [0.2, 0.25) is 0 Å². The van der Waals surface area contributed by atoms with E-state index in [1.807, 2.05) is 21.9 Å². The van der Waals surface area contributed by atoms with E-state index in [1.54, 1.807) is 0 Å². The number of nitrogens with zero attached hydrogens (tertiary/aromatic N) is 3. The maximum absolute atomic E-state index is 13.5. The number of benzene rings is 1. The average Bonchev–Trinajstić information content (AvgIpc) is 3.45. The molecule has 0 N–H and O–H groups in total. The smallest absolute Gasteiger partial charge is 0.230 e. The number of hydrogen-bond acceptors (Lipinski definition) is 3. The van der Waals surface area contributed by atoms with Gasteiger partial charge < -0.3 is 14.7 Å². The molecule has 140 valence electrons. The summed E-state index contributed by atoms with van der Waals surface area (Å²) in [6.45, 7) is 7.03. The van der Waals surface area contributed by atoms with E-state index in [0.29, 0.717) is 19.6 Å². The fraction of sp³-hybridized carbons (Fsp3) is 0.619. The number of fused-ring (bicyclic) bond motifs is 1. The summed E-state index contributed by atoms with van der Waals surface area (Å²) in [4.78, 5) is 32.1. The second-order valence-electron chi connectivity index (χ2n) is 8.66. The molecule has 1 aliphatic carbocycles. The minimum absolute atomic E-state index is 0.0765. The Balaban J connectivity index is 1.53. The van der Waals surface area contributed by atoms with Gasteiger partial charge >= 0.3 is 0 Å². The molecule has 1 saturated heterocycles. The number of piperazine rings is 1.